The highest BCUT2D eigenvalue weighted by atomic mass is 16.3. The van der Waals surface area contributed by atoms with Crippen LogP contribution in [0.25, 0.3) is 0 Å². The van der Waals surface area contributed by atoms with Gasteiger partial charge in [0.05, 0.1) is 12.5 Å². The van der Waals surface area contributed by atoms with Crippen LogP contribution in [-0.4, -0.2) is 31.1 Å². The Balaban J connectivity index is 1.79. The van der Waals surface area contributed by atoms with E-state index in [0.29, 0.717) is 6.04 Å². The third-order valence-corrected chi connectivity index (χ3v) is 4.28. The number of nitrogens with zero attached hydrogens (tertiary/aromatic N) is 1. The lowest BCUT2D eigenvalue weighted by atomic mass is 9.91. The molecule has 3 heteroatoms. The van der Waals surface area contributed by atoms with Crippen LogP contribution in [0, 0.1) is 5.92 Å². The van der Waals surface area contributed by atoms with Gasteiger partial charge in [-0.05, 0) is 24.8 Å². The van der Waals surface area contributed by atoms with Crippen LogP contribution in [0.5, 0.6) is 0 Å². The molecule has 1 saturated heterocycles. The van der Waals surface area contributed by atoms with Gasteiger partial charge in [-0.15, -0.1) is 0 Å². The molecule has 1 saturated carbocycles. The van der Waals surface area contributed by atoms with Crippen LogP contribution >= 0.6 is 0 Å². The smallest absolute Gasteiger partial charge is 0.0950 e. The van der Waals surface area contributed by atoms with Gasteiger partial charge in [-0.3, -0.25) is 4.90 Å². The summed E-state index contributed by atoms with van der Waals surface area (Å²) in [6.45, 7) is 4.60. The molecule has 3 rings (SSSR count). The Labute approximate surface area is 103 Å². The van der Waals surface area contributed by atoms with Crippen LogP contribution in [-0.2, 0) is 0 Å². The van der Waals surface area contributed by atoms with Gasteiger partial charge < -0.3 is 9.73 Å². The van der Waals surface area contributed by atoms with E-state index in [4.69, 9.17) is 4.42 Å². The molecule has 0 bridgehead atoms. The fraction of sp³-hybridized carbons (Fsp3) is 0.714. The lowest BCUT2D eigenvalue weighted by molar-refractivity contribution is 0.125. The van der Waals surface area contributed by atoms with E-state index >= 15 is 0 Å². The summed E-state index contributed by atoms with van der Waals surface area (Å²) in [6.07, 6.45) is 9.36. The summed E-state index contributed by atoms with van der Waals surface area (Å²) in [7, 11) is 0. The number of hydrogen-bond acceptors (Lipinski definition) is 3. The summed E-state index contributed by atoms with van der Waals surface area (Å²) < 4.78 is 5.30. The molecule has 17 heavy (non-hydrogen) atoms. The molecule has 0 radical (unpaired) electrons. The Morgan fingerprint density at radius 3 is 2.65 bits per heavy atom. The molecule has 1 N–H and O–H groups in total. The van der Waals surface area contributed by atoms with E-state index in [0.717, 1.165) is 19.0 Å². The first-order valence-corrected chi connectivity index (χ1v) is 6.92. The molecule has 1 aromatic heterocycles. The van der Waals surface area contributed by atoms with E-state index in [2.05, 4.69) is 16.3 Å². The van der Waals surface area contributed by atoms with Gasteiger partial charge in [0.2, 0.25) is 0 Å². The van der Waals surface area contributed by atoms with Gasteiger partial charge in [-0.1, -0.05) is 12.8 Å². The number of nitrogens with one attached hydrogen (secondary N) is 1. The molecule has 0 amide bonds. The molecule has 3 nitrogen and oxygen atoms in total. The van der Waals surface area contributed by atoms with Crippen molar-refractivity contribution in [1.29, 1.82) is 0 Å². The van der Waals surface area contributed by atoms with Gasteiger partial charge in [0.15, 0.2) is 0 Å². The second kappa shape index (κ2) is 5.23. The van der Waals surface area contributed by atoms with Crippen molar-refractivity contribution < 1.29 is 4.42 Å². The van der Waals surface area contributed by atoms with E-state index in [-0.39, 0.29) is 0 Å². The van der Waals surface area contributed by atoms with E-state index in [1.807, 2.05) is 12.5 Å². The van der Waals surface area contributed by atoms with Gasteiger partial charge >= 0.3 is 0 Å². The average Bonchev–Trinajstić information content (AvgIpc) is 3.04. The van der Waals surface area contributed by atoms with Crippen molar-refractivity contribution in [3.05, 3.63) is 24.2 Å². The van der Waals surface area contributed by atoms with Crippen molar-refractivity contribution in [2.24, 2.45) is 5.92 Å². The summed E-state index contributed by atoms with van der Waals surface area (Å²) in [4.78, 5) is 2.65. The van der Waals surface area contributed by atoms with Gasteiger partial charge in [-0.25, -0.2) is 0 Å². The van der Waals surface area contributed by atoms with Crippen molar-refractivity contribution in [2.45, 2.75) is 31.7 Å². The third-order valence-electron chi connectivity index (χ3n) is 4.28. The Morgan fingerprint density at radius 2 is 2.00 bits per heavy atom. The second-order valence-corrected chi connectivity index (χ2v) is 5.33. The van der Waals surface area contributed by atoms with Gasteiger partial charge in [0.1, 0.15) is 0 Å². The monoisotopic (exact) mass is 234 g/mol. The van der Waals surface area contributed by atoms with Crippen LogP contribution in [0.2, 0.25) is 0 Å². The topological polar surface area (TPSA) is 28.4 Å². The minimum Gasteiger partial charge on any atom is -0.472 e. The maximum Gasteiger partial charge on any atom is 0.0950 e. The van der Waals surface area contributed by atoms with E-state index in [1.54, 1.807) is 0 Å². The highest BCUT2D eigenvalue weighted by molar-refractivity contribution is 5.14. The maximum absolute atomic E-state index is 5.30. The molecule has 0 aromatic carbocycles. The first kappa shape index (κ1) is 11.3. The van der Waals surface area contributed by atoms with Gasteiger partial charge in [0.25, 0.3) is 0 Å². The molecule has 2 heterocycles. The largest absolute Gasteiger partial charge is 0.472 e. The van der Waals surface area contributed by atoms with Crippen molar-refractivity contribution in [2.75, 3.05) is 26.2 Å². The van der Waals surface area contributed by atoms with Crippen molar-refractivity contribution in [1.82, 2.24) is 10.2 Å². The minimum atomic E-state index is 0.596. The Hall–Kier alpha value is -0.800. The SMILES string of the molecule is c1cc([C@H](C2CCCC2)N2CCNCC2)co1. The molecule has 1 aliphatic carbocycles. The minimum absolute atomic E-state index is 0.596. The Kier molecular flexibility index (Phi) is 3.48. The van der Waals surface area contributed by atoms with Crippen LogP contribution < -0.4 is 5.32 Å². The lowest BCUT2D eigenvalue weighted by Gasteiger charge is -2.37. The summed E-state index contributed by atoms with van der Waals surface area (Å²) >= 11 is 0. The van der Waals surface area contributed by atoms with Crippen molar-refractivity contribution in [3.63, 3.8) is 0 Å². The number of piperazine rings is 1. The summed E-state index contributed by atoms with van der Waals surface area (Å²) in [6, 6.07) is 2.75. The van der Waals surface area contributed by atoms with E-state index < -0.39 is 0 Å². The molecule has 94 valence electrons. The van der Waals surface area contributed by atoms with Crippen LogP contribution in [0.1, 0.15) is 37.3 Å². The molecule has 1 aromatic rings. The molecular formula is C14H22N2O. The predicted molar refractivity (Wildman–Crippen MR) is 67.8 cm³/mol. The quantitative estimate of drug-likeness (QED) is 0.870. The average molecular weight is 234 g/mol. The van der Waals surface area contributed by atoms with Crippen molar-refractivity contribution >= 4 is 0 Å². The first-order chi connectivity index (χ1) is 8.45. The van der Waals surface area contributed by atoms with Gasteiger partial charge in [0, 0.05) is 37.8 Å². The second-order valence-electron chi connectivity index (χ2n) is 5.33. The van der Waals surface area contributed by atoms with Crippen molar-refractivity contribution in [3.8, 4) is 0 Å². The Morgan fingerprint density at radius 1 is 1.24 bits per heavy atom. The zero-order chi connectivity index (χ0) is 11.5. The van der Waals surface area contributed by atoms with Crippen LogP contribution in [0.3, 0.4) is 0 Å². The van der Waals surface area contributed by atoms with Crippen LogP contribution in [0.15, 0.2) is 23.0 Å². The standard InChI is InChI=1S/C14H22N2O/c1-2-4-12(3-1)14(13-5-10-17-11-13)16-8-6-15-7-9-16/h5,10-12,14-15H,1-4,6-9H2/t14-/m0/s1. The summed E-state index contributed by atoms with van der Waals surface area (Å²) in [5, 5.41) is 3.44. The molecule has 1 atom stereocenters. The number of furan rings is 1. The highest BCUT2D eigenvalue weighted by Gasteiger charge is 2.32. The number of rotatable bonds is 3. The predicted octanol–water partition coefficient (Wildman–Crippen LogP) is 2.42. The first-order valence-electron chi connectivity index (χ1n) is 6.92. The third kappa shape index (κ3) is 2.40. The van der Waals surface area contributed by atoms with Crippen LogP contribution in [0.4, 0.5) is 0 Å². The molecular weight excluding hydrogens is 212 g/mol. The fourth-order valence-corrected chi connectivity index (χ4v) is 3.46. The maximum atomic E-state index is 5.30. The molecule has 2 fully saturated rings. The van der Waals surface area contributed by atoms with E-state index in [9.17, 15) is 0 Å². The lowest BCUT2D eigenvalue weighted by Crippen LogP contribution is -2.46. The van der Waals surface area contributed by atoms with E-state index in [1.165, 1.54) is 44.3 Å². The normalized spacial score (nSPS) is 25.2. The highest BCUT2D eigenvalue weighted by Crippen LogP contribution is 2.39. The number of hydrogen-bond donors (Lipinski definition) is 1. The summed E-state index contributed by atoms with van der Waals surface area (Å²) in [5.74, 6) is 0.839. The van der Waals surface area contributed by atoms with Gasteiger partial charge in [-0.2, -0.15) is 0 Å². The zero-order valence-corrected chi connectivity index (χ0v) is 10.4. The zero-order valence-electron chi connectivity index (χ0n) is 10.4. The molecule has 2 aliphatic rings. The molecule has 0 spiro atoms. The fourth-order valence-electron chi connectivity index (χ4n) is 3.46. The molecule has 1 aliphatic heterocycles. The Bertz CT molecular complexity index is 324. The summed E-state index contributed by atoms with van der Waals surface area (Å²) in [5.41, 5.74) is 1.39. The molecule has 0 unspecified atom stereocenters.